The average Bonchev–Trinajstić information content (AvgIpc) is 3.91. The molecule has 2 aliphatic heterocycles. The van der Waals surface area contributed by atoms with Crippen molar-refractivity contribution in [2.45, 2.75) is 110 Å². The molecule has 352 valence electrons. The van der Waals surface area contributed by atoms with Crippen LogP contribution in [0.3, 0.4) is 0 Å². The molecular formula is C52H58Cl2N6O7. The molecule has 13 nitrogen and oxygen atoms in total. The molecule has 1 aliphatic carbocycles. The second-order valence-electron chi connectivity index (χ2n) is 19.6. The summed E-state index contributed by atoms with van der Waals surface area (Å²) in [6, 6.07) is 21.1. The van der Waals surface area contributed by atoms with E-state index in [1.54, 1.807) is 72.5 Å². The van der Waals surface area contributed by atoms with Gasteiger partial charge in [-0.3, -0.25) is 19.2 Å². The Morgan fingerprint density at radius 1 is 0.970 bits per heavy atom. The van der Waals surface area contributed by atoms with Crippen molar-refractivity contribution in [1.29, 1.82) is 5.26 Å². The van der Waals surface area contributed by atoms with Crippen molar-refractivity contribution in [2.75, 3.05) is 19.6 Å². The topological polar surface area (TPSA) is 178 Å². The summed E-state index contributed by atoms with van der Waals surface area (Å²) in [5.74, 6) is 5.68. The number of nitriles is 1. The van der Waals surface area contributed by atoms with Crippen LogP contribution in [0.4, 0.5) is 0 Å². The Bertz CT molecular complexity index is 2570. The number of halogens is 2. The zero-order valence-electron chi connectivity index (χ0n) is 38.9. The molecule has 1 saturated carbocycles. The molecule has 3 aromatic carbocycles. The molecule has 1 aromatic heterocycles. The minimum Gasteiger partial charge on any atom is -0.489 e. The number of β-amino-alcohol motifs (C(OH)–C–C–N with tert-alkyl or cyclic N) is 1. The van der Waals surface area contributed by atoms with Gasteiger partial charge < -0.3 is 34.8 Å². The minimum atomic E-state index is -0.954. The predicted molar refractivity (Wildman–Crippen MR) is 254 cm³/mol. The van der Waals surface area contributed by atoms with E-state index in [4.69, 9.17) is 32.5 Å². The first kappa shape index (κ1) is 49.1. The molecule has 3 N–H and O–H groups in total. The summed E-state index contributed by atoms with van der Waals surface area (Å²) in [5.41, 5.74) is 2.19. The summed E-state index contributed by atoms with van der Waals surface area (Å²) >= 11 is 12.5. The molecule has 3 aliphatic rings. The Morgan fingerprint density at radius 2 is 1.64 bits per heavy atom. The van der Waals surface area contributed by atoms with Gasteiger partial charge >= 0.3 is 0 Å². The van der Waals surface area contributed by atoms with Crippen LogP contribution in [0.2, 0.25) is 10.0 Å². The highest BCUT2D eigenvalue weighted by Crippen LogP contribution is 2.55. The van der Waals surface area contributed by atoms with Crippen LogP contribution in [0.5, 0.6) is 5.75 Å². The third-order valence-corrected chi connectivity index (χ3v) is 14.1. The van der Waals surface area contributed by atoms with Gasteiger partial charge in [0, 0.05) is 77.1 Å². The number of amides is 4. The SMILES string of the molecule is Cc1cc(C(C(=O)N2CC(O)CC2C(=O)NC(CC(=O)N2CCC(C#Cc3ccc(C(=O)NC4C(C)(C)C(Oc5ccc(C#N)c(Cl)c5)C4(C)C)cc3)CC2)c2ccc(Cl)cc2)C(C)C)on1. The molecule has 7 rings (SSSR count). The van der Waals surface area contributed by atoms with Gasteiger partial charge in [-0.15, -0.1) is 0 Å². The lowest BCUT2D eigenvalue weighted by molar-refractivity contribution is -0.164. The highest BCUT2D eigenvalue weighted by atomic mass is 35.5. The number of hydrogen-bond donors (Lipinski definition) is 3. The van der Waals surface area contributed by atoms with Gasteiger partial charge in [0.15, 0.2) is 0 Å². The van der Waals surface area contributed by atoms with E-state index in [-0.39, 0.29) is 61.1 Å². The standard InChI is InChI=1S/C52H58Cl2N6O7/c1-30(2)45(43-24-31(3)58-67-43)48(65)60-29-38(61)25-42(60)47(64)56-41(34-14-17-37(53)18-15-34)27-44(62)59-22-20-33(21-23-59)9-8-32-10-12-35(13-11-32)46(63)57-49-51(4,5)50(52(49,6)7)66-39-19-16-36(28-55)40(54)26-39/h10-19,24,26,30,33,38,41-42,45,49-50,61H,20-23,25,27,29H2,1-7H3,(H,56,64)(H,57,63). The molecule has 0 bridgehead atoms. The molecule has 4 aromatic rings. The molecule has 3 fully saturated rings. The van der Waals surface area contributed by atoms with E-state index in [1.165, 1.54) is 4.90 Å². The fraction of sp³-hybridized carbons (Fsp3) is 0.462. The van der Waals surface area contributed by atoms with Crippen molar-refractivity contribution in [3.8, 4) is 23.7 Å². The van der Waals surface area contributed by atoms with Crippen molar-refractivity contribution in [3.05, 3.63) is 117 Å². The molecule has 15 heteroatoms. The molecule has 4 atom stereocenters. The number of piperidine rings is 1. The van der Waals surface area contributed by atoms with Gasteiger partial charge in [-0.05, 0) is 79.8 Å². The van der Waals surface area contributed by atoms with Crippen molar-refractivity contribution >= 4 is 46.8 Å². The Morgan fingerprint density at radius 3 is 2.24 bits per heavy atom. The number of aromatic nitrogens is 1. The van der Waals surface area contributed by atoms with E-state index in [1.807, 2.05) is 26.0 Å². The van der Waals surface area contributed by atoms with E-state index in [0.29, 0.717) is 69.9 Å². The second kappa shape index (κ2) is 20.2. The Kier molecular flexibility index (Phi) is 14.8. The quantitative estimate of drug-likeness (QED) is 0.119. The van der Waals surface area contributed by atoms with Crippen LogP contribution in [0.1, 0.15) is 118 Å². The van der Waals surface area contributed by atoms with E-state index in [0.717, 1.165) is 5.56 Å². The van der Waals surface area contributed by atoms with Gasteiger partial charge in [0.05, 0.1) is 34.8 Å². The lowest BCUT2D eigenvalue weighted by atomic mass is 9.49. The van der Waals surface area contributed by atoms with Crippen LogP contribution < -0.4 is 15.4 Å². The molecule has 0 spiro atoms. The molecule has 0 radical (unpaired) electrons. The number of aliphatic hydroxyl groups is 1. The van der Waals surface area contributed by atoms with Gasteiger partial charge in [-0.2, -0.15) is 5.26 Å². The zero-order chi connectivity index (χ0) is 48.4. The summed E-state index contributed by atoms with van der Waals surface area (Å²) in [5, 5.41) is 31.0. The number of rotatable bonds is 12. The van der Waals surface area contributed by atoms with Crippen LogP contribution in [0.15, 0.2) is 77.3 Å². The summed E-state index contributed by atoms with van der Waals surface area (Å²) < 4.78 is 11.8. The van der Waals surface area contributed by atoms with Crippen molar-refractivity contribution in [3.63, 3.8) is 0 Å². The third kappa shape index (κ3) is 10.8. The Labute approximate surface area is 402 Å². The highest BCUT2D eigenvalue weighted by molar-refractivity contribution is 6.31. The summed E-state index contributed by atoms with van der Waals surface area (Å²) in [6.07, 6.45) is 0.268. The minimum absolute atomic E-state index is 0.00591. The van der Waals surface area contributed by atoms with E-state index in [9.17, 15) is 29.5 Å². The molecule has 67 heavy (non-hydrogen) atoms. The number of aryl methyl sites for hydroxylation is 1. The number of nitrogens with zero attached hydrogens (tertiary/aromatic N) is 4. The van der Waals surface area contributed by atoms with Crippen molar-refractivity contribution in [2.24, 2.45) is 22.7 Å². The van der Waals surface area contributed by atoms with Crippen LogP contribution in [0, 0.1) is 52.8 Å². The smallest absolute Gasteiger partial charge is 0.251 e. The first-order chi connectivity index (χ1) is 31.8. The maximum atomic E-state index is 14.1. The molecule has 4 amide bonds. The summed E-state index contributed by atoms with van der Waals surface area (Å²) in [6.45, 7) is 14.8. The first-order valence-electron chi connectivity index (χ1n) is 22.8. The number of carbonyl (C=O) groups is 4. The van der Waals surface area contributed by atoms with Gasteiger partial charge in [0.1, 0.15) is 35.6 Å². The first-order valence-corrected chi connectivity index (χ1v) is 23.6. The summed E-state index contributed by atoms with van der Waals surface area (Å²) in [4.78, 5) is 58.7. The van der Waals surface area contributed by atoms with Crippen LogP contribution >= 0.6 is 23.2 Å². The maximum absolute atomic E-state index is 14.1. The van der Waals surface area contributed by atoms with Gasteiger partial charge in [0.2, 0.25) is 17.7 Å². The third-order valence-electron chi connectivity index (χ3n) is 13.6. The number of nitrogens with one attached hydrogen (secondary N) is 2. The van der Waals surface area contributed by atoms with Crippen molar-refractivity contribution in [1.82, 2.24) is 25.6 Å². The Balaban J connectivity index is 0.930. The fourth-order valence-electron chi connectivity index (χ4n) is 10.2. The normalized spacial score (nSPS) is 21.8. The number of aliphatic hydroxyl groups excluding tert-OH is 1. The lowest BCUT2D eigenvalue weighted by Crippen LogP contribution is -2.74. The van der Waals surface area contributed by atoms with Crippen LogP contribution in [0.25, 0.3) is 0 Å². The zero-order valence-corrected chi connectivity index (χ0v) is 40.5. The van der Waals surface area contributed by atoms with Crippen LogP contribution in [-0.2, 0) is 14.4 Å². The van der Waals surface area contributed by atoms with E-state index in [2.05, 4.69) is 61.4 Å². The molecule has 2 saturated heterocycles. The summed E-state index contributed by atoms with van der Waals surface area (Å²) in [7, 11) is 0. The Hall–Kier alpha value is -5.86. The highest BCUT2D eigenvalue weighted by Gasteiger charge is 2.64. The fourth-order valence-corrected chi connectivity index (χ4v) is 10.6. The van der Waals surface area contributed by atoms with Crippen molar-refractivity contribution < 1.29 is 33.5 Å². The molecule has 4 unspecified atom stereocenters. The van der Waals surface area contributed by atoms with E-state index < -0.39 is 40.8 Å². The largest absolute Gasteiger partial charge is 0.489 e. The van der Waals surface area contributed by atoms with E-state index >= 15 is 0 Å². The second-order valence-corrected chi connectivity index (χ2v) is 20.5. The van der Waals surface area contributed by atoms with Gasteiger partial charge in [-0.1, -0.05) is 93.9 Å². The number of likely N-dealkylation sites (tertiary alicyclic amines) is 2. The molecule has 3 heterocycles. The number of carbonyl (C=O) groups excluding carboxylic acids is 4. The van der Waals surface area contributed by atoms with Crippen LogP contribution in [-0.4, -0.2) is 87.6 Å². The van der Waals surface area contributed by atoms with Gasteiger partial charge in [0.25, 0.3) is 5.91 Å². The molecular weight excluding hydrogens is 892 g/mol. The monoisotopic (exact) mass is 948 g/mol. The number of benzene rings is 3. The average molecular weight is 950 g/mol. The van der Waals surface area contributed by atoms with Gasteiger partial charge in [-0.25, -0.2) is 0 Å². The number of ether oxygens (including phenoxy) is 1. The lowest BCUT2D eigenvalue weighted by Gasteiger charge is -2.63. The number of hydrogen-bond acceptors (Lipinski definition) is 9. The predicted octanol–water partition coefficient (Wildman–Crippen LogP) is 8.01. The maximum Gasteiger partial charge on any atom is 0.251 e.